The van der Waals surface area contributed by atoms with E-state index in [1.54, 1.807) is 0 Å². The molecule has 6 heteroatoms. The third-order valence-corrected chi connectivity index (χ3v) is 5.59. The molecule has 4 rings (SSSR count). The van der Waals surface area contributed by atoms with Crippen LogP contribution < -0.4 is 11.2 Å². The molecule has 0 radical (unpaired) electrons. The summed E-state index contributed by atoms with van der Waals surface area (Å²) in [6.07, 6.45) is 2.91. The normalized spacial score (nSPS) is 25.5. The maximum atomic E-state index is 12.9. The van der Waals surface area contributed by atoms with Gasteiger partial charge in [0.05, 0.1) is 17.3 Å². The Kier molecular flexibility index (Phi) is 3.86. The number of carbonyl (C=O) groups is 2. The quantitative estimate of drug-likeness (QED) is 0.762. The molecule has 3 aliphatic rings. The van der Waals surface area contributed by atoms with Gasteiger partial charge in [-0.2, -0.15) is 5.10 Å². The maximum absolute atomic E-state index is 12.9. The summed E-state index contributed by atoms with van der Waals surface area (Å²) in [4.78, 5) is 26.5. The number of amides is 2. The summed E-state index contributed by atoms with van der Waals surface area (Å²) in [5, 5.41) is 4.22. The molecule has 1 aromatic rings. The van der Waals surface area contributed by atoms with E-state index in [2.05, 4.69) is 53.5 Å². The Labute approximate surface area is 153 Å². The first-order chi connectivity index (χ1) is 12.4. The number of benzene rings is 1. The van der Waals surface area contributed by atoms with E-state index in [4.69, 9.17) is 5.73 Å². The molecule has 3 N–H and O–H groups in total. The zero-order valence-corrected chi connectivity index (χ0v) is 15.2. The Hall–Kier alpha value is -2.63. The van der Waals surface area contributed by atoms with Crippen molar-refractivity contribution in [1.29, 1.82) is 0 Å². The van der Waals surface area contributed by atoms with Crippen molar-refractivity contribution >= 4 is 17.5 Å². The summed E-state index contributed by atoms with van der Waals surface area (Å²) in [7, 11) is 0. The number of nitrogens with one attached hydrogen (secondary N) is 1. The second-order valence-electron chi connectivity index (χ2n) is 8.16. The molecule has 1 aliphatic carbocycles. The molecule has 0 fully saturated rings. The molecule has 26 heavy (non-hydrogen) atoms. The van der Waals surface area contributed by atoms with Crippen LogP contribution in [0.4, 0.5) is 4.79 Å². The maximum Gasteiger partial charge on any atom is 0.332 e. The van der Waals surface area contributed by atoms with Gasteiger partial charge in [-0.3, -0.25) is 4.79 Å². The molecule has 0 unspecified atom stereocenters. The fraction of sp³-hybridized carbons (Fsp3) is 0.450. The van der Waals surface area contributed by atoms with E-state index in [0.29, 0.717) is 24.1 Å². The van der Waals surface area contributed by atoms with Crippen LogP contribution >= 0.6 is 0 Å². The van der Waals surface area contributed by atoms with Gasteiger partial charge in [0.1, 0.15) is 0 Å². The van der Waals surface area contributed by atoms with Crippen LogP contribution in [0.15, 0.2) is 40.6 Å². The number of nitrogens with two attached hydrogens (primary N) is 1. The van der Waals surface area contributed by atoms with Crippen molar-refractivity contribution < 1.29 is 9.59 Å². The van der Waals surface area contributed by atoms with E-state index in [9.17, 15) is 9.59 Å². The number of hydrogen-bond acceptors (Lipinski definition) is 4. The van der Waals surface area contributed by atoms with Gasteiger partial charge in [-0.15, -0.1) is 0 Å². The minimum atomic E-state index is -0.713. The summed E-state index contributed by atoms with van der Waals surface area (Å²) in [5.41, 5.74) is 12.5. The van der Waals surface area contributed by atoms with Crippen LogP contribution in [0.25, 0.3) is 0 Å². The zero-order valence-electron chi connectivity index (χ0n) is 15.2. The Morgan fingerprint density at radius 3 is 2.85 bits per heavy atom. The summed E-state index contributed by atoms with van der Waals surface area (Å²) >= 11 is 0. The van der Waals surface area contributed by atoms with E-state index in [1.165, 1.54) is 11.1 Å². The van der Waals surface area contributed by atoms with Gasteiger partial charge in [-0.05, 0) is 29.4 Å². The smallest absolute Gasteiger partial charge is 0.332 e. The molecule has 136 valence electrons. The molecular weight excluding hydrogens is 328 g/mol. The minimum Gasteiger partial charge on any atom is -0.366 e. The molecule has 2 aliphatic heterocycles. The van der Waals surface area contributed by atoms with Crippen LogP contribution in [0.1, 0.15) is 50.3 Å². The predicted octanol–water partition coefficient (Wildman–Crippen LogP) is 2.66. The van der Waals surface area contributed by atoms with Crippen molar-refractivity contribution in [2.24, 2.45) is 16.3 Å². The first kappa shape index (κ1) is 16.8. The number of Topliss-reactive ketones (excluding diaryl/α,β-unsaturated/α-hetero) is 1. The predicted molar refractivity (Wildman–Crippen MR) is 99.4 cm³/mol. The number of fused-ring (bicyclic) bond motifs is 4. The Morgan fingerprint density at radius 1 is 1.31 bits per heavy atom. The number of primary amides is 1. The Balaban J connectivity index is 1.84. The number of urea groups is 1. The SMILES string of the molecule is CC1(C)CC(=O)C2=C(C1)N1CCc3ccccc3[C@H]1C/C2=N/NC(N)=O. The Bertz CT molecular complexity index is 853. The number of carbonyl (C=O) groups excluding carboxylic acids is 2. The topological polar surface area (TPSA) is 87.8 Å². The van der Waals surface area contributed by atoms with E-state index in [1.807, 2.05) is 0 Å². The van der Waals surface area contributed by atoms with Crippen molar-refractivity contribution in [3.05, 3.63) is 46.7 Å². The van der Waals surface area contributed by atoms with Crippen LogP contribution in [-0.4, -0.2) is 29.0 Å². The Morgan fingerprint density at radius 2 is 2.08 bits per heavy atom. The number of hydrazone groups is 1. The molecule has 0 saturated carbocycles. The molecule has 1 aromatic carbocycles. The molecule has 2 heterocycles. The lowest BCUT2D eigenvalue weighted by atomic mass is 9.71. The highest BCUT2D eigenvalue weighted by Gasteiger charge is 2.44. The minimum absolute atomic E-state index is 0.0724. The fourth-order valence-electron chi connectivity index (χ4n) is 4.56. The van der Waals surface area contributed by atoms with Crippen molar-refractivity contribution in [2.45, 2.75) is 45.6 Å². The molecule has 0 spiro atoms. The number of ketones is 1. The van der Waals surface area contributed by atoms with Gasteiger partial charge >= 0.3 is 6.03 Å². The highest BCUT2D eigenvalue weighted by Crippen LogP contribution is 2.47. The molecule has 2 amide bonds. The molecular formula is C20H24N4O2. The molecule has 0 bridgehead atoms. The molecule has 6 nitrogen and oxygen atoms in total. The lowest BCUT2D eigenvalue weighted by molar-refractivity contribution is -0.118. The van der Waals surface area contributed by atoms with Gasteiger partial charge in [0.2, 0.25) is 0 Å². The van der Waals surface area contributed by atoms with Crippen molar-refractivity contribution in [1.82, 2.24) is 10.3 Å². The molecule has 0 aromatic heterocycles. The molecule has 0 saturated heterocycles. The number of hydrogen-bond donors (Lipinski definition) is 2. The first-order valence-corrected chi connectivity index (χ1v) is 9.09. The van der Waals surface area contributed by atoms with E-state index in [-0.39, 0.29) is 17.2 Å². The lowest BCUT2D eigenvalue weighted by Gasteiger charge is -2.48. The van der Waals surface area contributed by atoms with E-state index in [0.717, 1.165) is 25.1 Å². The van der Waals surface area contributed by atoms with E-state index >= 15 is 0 Å². The van der Waals surface area contributed by atoms with Crippen LogP contribution in [-0.2, 0) is 11.2 Å². The second-order valence-corrected chi connectivity index (χ2v) is 8.16. The summed E-state index contributed by atoms with van der Waals surface area (Å²) in [6.45, 7) is 5.17. The van der Waals surface area contributed by atoms with Gasteiger partial charge < -0.3 is 10.6 Å². The van der Waals surface area contributed by atoms with Crippen LogP contribution in [0, 0.1) is 5.41 Å². The van der Waals surface area contributed by atoms with Crippen LogP contribution in [0.5, 0.6) is 0 Å². The summed E-state index contributed by atoms with van der Waals surface area (Å²) < 4.78 is 0. The third kappa shape index (κ3) is 2.79. The first-order valence-electron chi connectivity index (χ1n) is 9.09. The largest absolute Gasteiger partial charge is 0.366 e. The number of rotatable bonds is 1. The van der Waals surface area contributed by atoms with E-state index < -0.39 is 6.03 Å². The van der Waals surface area contributed by atoms with Gasteiger partial charge in [-0.1, -0.05) is 38.1 Å². The van der Waals surface area contributed by atoms with Crippen LogP contribution in [0.2, 0.25) is 0 Å². The van der Waals surface area contributed by atoms with Crippen molar-refractivity contribution in [3.63, 3.8) is 0 Å². The van der Waals surface area contributed by atoms with Gasteiger partial charge in [-0.25, -0.2) is 10.2 Å². The van der Waals surface area contributed by atoms with Crippen molar-refractivity contribution in [3.8, 4) is 0 Å². The van der Waals surface area contributed by atoms with Gasteiger partial charge in [0.15, 0.2) is 5.78 Å². The third-order valence-electron chi connectivity index (χ3n) is 5.59. The van der Waals surface area contributed by atoms with Gasteiger partial charge in [0.25, 0.3) is 0 Å². The average Bonchev–Trinajstić information content (AvgIpc) is 2.58. The lowest BCUT2D eigenvalue weighted by Crippen LogP contribution is -2.46. The zero-order chi connectivity index (χ0) is 18.5. The second kappa shape index (κ2) is 5.97. The number of nitrogens with zero attached hydrogens (tertiary/aromatic N) is 2. The standard InChI is InChI=1S/C20H24N4O2/c1-20(2)10-16-18(17(25)11-20)14(22-23-19(21)26)9-15-13-6-4-3-5-12(13)7-8-24(15)16/h3-6,15H,7-11H2,1-2H3,(H3,21,23,26)/b22-14-/t15-/m1/s1. The monoisotopic (exact) mass is 352 g/mol. The highest BCUT2D eigenvalue weighted by atomic mass is 16.2. The van der Waals surface area contributed by atoms with Crippen LogP contribution in [0.3, 0.4) is 0 Å². The van der Waals surface area contributed by atoms with Crippen molar-refractivity contribution in [2.75, 3.05) is 6.54 Å². The molecule has 1 atom stereocenters. The summed E-state index contributed by atoms with van der Waals surface area (Å²) in [6, 6.07) is 7.89. The average molecular weight is 352 g/mol. The fourth-order valence-corrected chi connectivity index (χ4v) is 4.56. The summed E-state index contributed by atoms with van der Waals surface area (Å²) in [5.74, 6) is 0.110. The van der Waals surface area contributed by atoms with Gasteiger partial charge in [0, 0.05) is 25.1 Å². The highest BCUT2D eigenvalue weighted by molar-refractivity contribution is 6.24. The number of allylic oxidation sites excluding steroid dienone is 2.